The largest absolute Gasteiger partial charge is 0.465 e. The summed E-state index contributed by atoms with van der Waals surface area (Å²) in [5, 5.41) is 3.38. The Hall–Kier alpha value is -0.800. The third-order valence-electron chi connectivity index (χ3n) is 3.38. The summed E-state index contributed by atoms with van der Waals surface area (Å²) in [6.45, 7) is 10.5. The molecule has 0 radical (unpaired) electrons. The van der Waals surface area contributed by atoms with Gasteiger partial charge in [0, 0.05) is 12.1 Å². The zero-order valence-electron chi connectivity index (χ0n) is 13.1. The average molecular weight is 266 g/mol. The molecule has 19 heavy (non-hydrogen) atoms. The summed E-state index contributed by atoms with van der Waals surface area (Å²) >= 11 is 0. The van der Waals surface area contributed by atoms with Gasteiger partial charge in [0.25, 0.3) is 0 Å². The Labute approximate surface area is 118 Å². The quantitative estimate of drug-likeness (QED) is 0.654. The molecular weight excluding hydrogens is 236 g/mol. The zero-order valence-corrected chi connectivity index (χ0v) is 13.1. The molecule has 110 valence electrons. The van der Waals surface area contributed by atoms with E-state index in [4.69, 9.17) is 4.42 Å². The molecule has 0 saturated carbocycles. The van der Waals surface area contributed by atoms with E-state index < -0.39 is 0 Å². The fourth-order valence-corrected chi connectivity index (χ4v) is 2.22. The Balaban J connectivity index is 2.40. The predicted octanol–water partition coefficient (Wildman–Crippen LogP) is 3.71. The van der Waals surface area contributed by atoms with Crippen molar-refractivity contribution in [2.24, 2.45) is 0 Å². The van der Waals surface area contributed by atoms with Crippen molar-refractivity contribution < 1.29 is 4.42 Å². The Bertz CT molecular complexity index is 347. The molecule has 0 atom stereocenters. The van der Waals surface area contributed by atoms with Crippen LogP contribution in [-0.2, 0) is 13.1 Å². The van der Waals surface area contributed by atoms with E-state index in [1.165, 1.54) is 31.4 Å². The molecule has 0 aromatic carbocycles. The van der Waals surface area contributed by atoms with Gasteiger partial charge in [0.2, 0.25) is 0 Å². The Morgan fingerprint density at radius 2 is 2.00 bits per heavy atom. The van der Waals surface area contributed by atoms with Crippen LogP contribution in [0.3, 0.4) is 0 Å². The maximum atomic E-state index is 5.80. The van der Waals surface area contributed by atoms with Crippen molar-refractivity contribution in [1.82, 2.24) is 10.2 Å². The Morgan fingerprint density at radius 1 is 1.21 bits per heavy atom. The van der Waals surface area contributed by atoms with Crippen molar-refractivity contribution >= 4 is 0 Å². The maximum Gasteiger partial charge on any atom is 0.118 e. The van der Waals surface area contributed by atoms with Crippen LogP contribution in [0.1, 0.15) is 56.6 Å². The van der Waals surface area contributed by atoms with Gasteiger partial charge in [-0.3, -0.25) is 0 Å². The molecule has 0 bridgehead atoms. The summed E-state index contributed by atoms with van der Waals surface area (Å²) in [4.78, 5) is 2.39. The fraction of sp³-hybridized carbons (Fsp3) is 0.750. The highest BCUT2D eigenvalue weighted by atomic mass is 16.3. The van der Waals surface area contributed by atoms with Crippen LogP contribution >= 0.6 is 0 Å². The van der Waals surface area contributed by atoms with E-state index in [1.807, 2.05) is 0 Å². The lowest BCUT2D eigenvalue weighted by Crippen LogP contribution is -2.19. The predicted molar refractivity (Wildman–Crippen MR) is 81.3 cm³/mol. The molecule has 0 spiro atoms. The SMILES string of the molecule is CCCCCN(C)Cc1cc(CNCCC)oc1C. The van der Waals surface area contributed by atoms with Crippen molar-refractivity contribution in [2.45, 2.75) is 59.5 Å². The lowest BCUT2D eigenvalue weighted by atomic mass is 10.2. The second-order valence-corrected chi connectivity index (χ2v) is 5.42. The minimum atomic E-state index is 0.841. The molecular formula is C16H30N2O. The van der Waals surface area contributed by atoms with Gasteiger partial charge in [-0.05, 0) is 46.0 Å². The Morgan fingerprint density at radius 3 is 2.68 bits per heavy atom. The first-order valence-electron chi connectivity index (χ1n) is 7.64. The van der Waals surface area contributed by atoms with Gasteiger partial charge in [-0.15, -0.1) is 0 Å². The van der Waals surface area contributed by atoms with Gasteiger partial charge >= 0.3 is 0 Å². The lowest BCUT2D eigenvalue weighted by molar-refractivity contribution is 0.315. The lowest BCUT2D eigenvalue weighted by Gasteiger charge is -2.15. The summed E-state index contributed by atoms with van der Waals surface area (Å²) in [7, 11) is 2.19. The number of nitrogens with one attached hydrogen (secondary N) is 1. The molecule has 1 heterocycles. The van der Waals surface area contributed by atoms with E-state index in [9.17, 15) is 0 Å². The van der Waals surface area contributed by atoms with Gasteiger partial charge in [0.1, 0.15) is 11.5 Å². The molecule has 1 N–H and O–H groups in total. The average Bonchev–Trinajstić information content (AvgIpc) is 2.71. The van der Waals surface area contributed by atoms with Crippen LogP contribution in [0, 0.1) is 6.92 Å². The zero-order chi connectivity index (χ0) is 14.1. The van der Waals surface area contributed by atoms with Gasteiger partial charge in [-0.1, -0.05) is 26.7 Å². The molecule has 0 fully saturated rings. The highest BCUT2D eigenvalue weighted by molar-refractivity contribution is 5.20. The summed E-state index contributed by atoms with van der Waals surface area (Å²) in [5.74, 6) is 2.12. The van der Waals surface area contributed by atoms with Crippen LogP contribution in [0.2, 0.25) is 0 Å². The number of hydrogen-bond donors (Lipinski definition) is 1. The van der Waals surface area contributed by atoms with Gasteiger partial charge in [-0.2, -0.15) is 0 Å². The molecule has 0 aliphatic carbocycles. The molecule has 0 amide bonds. The third kappa shape index (κ3) is 6.26. The van der Waals surface area contributed by atoms with Crippen LogP contribution in [0.15, 0.2) is 10.5 Å². The first-order chi connectivity index (χ1) is 9.17. The first-order valence-corrected chi connectivity index (χ1v) is 7.64. The molecule has 3 nitrogen and oxygen atoms in total. The van der Waals surface area contributed by atoms with E-state index in [1.54, 1.807) is 0 Å². The fourth-order valence-electron chi connectivity index (χ4n) is 2.22. The van der Waals surface area contributed by atoms with Gasteiger partial charge < -0.3 is 14.6 Å². The van der Waals surface area contributed by atoms with E-state index in [-0.39, 0.29) is 0 Å². The van der Waals surface area contributed by atoms with Crippen molar-refractivity contribution in [3.63, 3.8) is 0 Å². The second kappa shape index (κ2) is 9.16. The number of furan rings is 1. The standard InChI is InChI=1S/C16H30N2O/c1-5-7-8-10-18(4)13-15-11-16(19-14(15)3)12-17-9-6-2/h11,17H,5-10,12-13H2,1-4H3. The van der Waals surface area contributed by atoms with Crippen molar-refractivity contribution in [3.05, 3.63) is 23.2 Å². The summed E-state index contributed by atoms with van der Waals surface area (Å²) in [5.41, 5.74) is 1.33. The minimum absolute atomic E-state index is 0.841. The highest BCUT2D eigenvalue weighted by Gasteiger charge is 2.09. The van der Waals surface area contributed by atoms with Crippen LogP contribution in [-0.4, -0.2) is 25.0 Å². The summed E-state index contributed by atoms with van der Waals surface area (Å²) < 4.78 is 5.80. The monoisotopic (exact) mass is 266 g/mol. The van der Waals surface area contributed by atoms with E-state index in [0.717, 1.165) is 37.6 Å². The van der Waals surface area contributed by atoms with Gasteiger partial charge in [0.15, 0.2) is 0 Å². The number of nitrogens with zero attached hydrogens (tertiary/aromatic N) is 1. The van der Waals surface area contributed by atoms with E-state index in [0.29, 0.717) is 0 Å². The van der Waals surface area contributed by atoms with Crippen molar-refractivity contribution in [3.8, 4) is 0 Å². The first kappa shape index (κ1) is 16.3. The van der Waals surface area contributed by atoms with Crippen molar-refractivity contribution in [2.75, 3.05) is 20.1 Å². The molecule has 1 aromatic rings. The molecule has 0 saturated heterocycles. The smallest absolute Gasteiger partial charge is 0.118 e. The molecule has 0 unspecified atom stereocenters. The number of rotatable bonds is 10. The molecule has 1 aromatic heterocycles. The van der Waals surface area contributed by atoms with Crippen LogP contribution in [0.5, 0.6) is 0 Å². The number of unbranched alkanes of at least 4 members (excludes halogenated alkanes) is 2. The molecule has 0 aliphatic rings. The molecule has 1 rings (SSSR count). The highest BCUT2D eigenvalue weighted by Crippen LogP contribution is 2.16. The second-order valence-electron chi connectivity index (χ2n) is 5.42. The number of aryl methyl sites for hydroxylation is 1. The van der Waals surface area contributed by atoms with E-state index in [2.05, 4.69) is 44.1 Å². The van der Waals surface area contributed by atoms with Crippen molar-refractivity contribution in [1.29, 1.82) is 0 Å². The Kier molecular flexibility index (Phi) is 7.84. The molecule has 0 aliphatic heterocycles. The normalized spacial score (nSPS) is 11.4. The summed E-state index contributed by atoms with van der Waals surface area (Å²) in [6, 6.07) is 2.20. The maximum absolute atomic E-state index is 5.80. The number of hydrogen-bond acceptors (Lipinski definition) is 3. The molecule has 3 heteroatoms. The van der Waals surface area contributed by atoms with E-state index >= 15 is 0 Å². The van der Waals surface area contributed by atoms with Gasteiger partial charge in [-0.25, -0.2) is 0 Å². The van der Waals surface area contributed by atoms with Crippen LogP contribution < -0.4 is 5.32 Å². The summed E-state index contributed by atoms with van der Waals surface area (Å²) in [6.07, 6.45) is 5.05. The third-order valence-corrected chi connectivity index (χ3v) is 3.38. The topological polar surface area (TPSA) is 28.4 Å². The van der Waals surface area contributed by atoms with Crippen LogP contribution in [0.25, 0.3) is 0 Å². The van der Waals surface area contributed by atoms with Gasteiger partial charge in [0.05, 0.1) is 6.54 Å². The minimum Gasteiger partial charge on any atom is -0.465 e. The van der Waals surface area contributed by atoms with Crippen LogP contribution in [0.4, 0.5) is 0 Å².